The second-order valence-electron chi connectivity index (χ2n) is 2.99. The van der Waals surface area contributed by atoms with Crippen molar-refractivity contribution >= 4 is 6.79 Å². The number of pyridine rings is 1. The molecule has 0 unspecified atom stereocenters. The highest BCUT2D eigenvalue weighted by atomic mass is 16.5. The molecule has 1 saturated heterocycles. The van der Waals surface area contributed by atoms with Gasteiger partial charge in [0.1, 0.15) is 6.79 Å². The molecule has 0 atom stereocenters. The van der Waals surface area contributed by atoms with E-state index in [1.165, 1.54) is 5.56 Å². The molecule has 4 heteroatoms. The Kier molecular flexibility index (Phi) is 8.07. The zero-order valence-corrected chi connectivity index (χ0v) is 10.2. The fraction of sp³-hybridized carbons (Fsp3) is 0.500. The van der Waals surface area contributed by atoms with Crippen molar-refractivity contribution < 1.29 is 9.53 Å². The summed E-state index contributed by atoms with van der Waals surface area (Å²) in [4.78, 5) is 12.2. The van der Waals surface area contributed by atoms with Gasteiger partial charge < -0.3 is 14.8 Å². The smallest absolute Gasteiger partial charge is 0.212 e. The third-order valence-electron chi connectivity index (χ3n) is 2.22. The van der Waals surface area contributed by atoms with Gasteiger partial charge in [0.25, 0.3) is 0 Å². The van der Waals surface area contributed by atoms with Crippen LogP contribution < -0.4 is 10.1 Å². The standard InChI is InChI=1S/C9H12N2O.C2H6.CH2O/c1-12-9-3-2-7(6-11-9)8-4-10-5-8;2*1-2/h2-3,6,8,10H,4-5H2,1H3;1-2H3;1H2. The van der Waals surface area contributed by atoms with Crippen LogP contribution in [0.15, 0.2) is 18.3 Å². The van der Waals surface area contributed by atoms with Crippen molar-refractivity contribution in [3.63, 3.8) is 0 Å². The number of carbonyl (C=O) groups is 1. The molecule has 0 aromatic carbocycles. The predicted molar refractivity (Wildman–Crippen MR) is 64.9 cm³/mol. The molecule has 0 bridgehead atoms. The molecule has 0 radical (unpaired) electrons. The van der Waals surface area contributed by atoms with Gasteiger partial charge in [-0.2, -0.15) is 0 Å². The fourth-order valence-corrected chi connectivity index (χ4v) is 1.28. The van der Waals surface area contributed by atoms with E-state index in [1.54, 1.807) is 7.11 Å². The Balaban J connectivity index is 0.000000509. The SMILES string of the molecule is C=O.CC.COc1ccc(C2CNC2)cn1. The molecule has 1 aromatic heterocycles. The van der Waals surface area contributed by atoms with Gasteiger partial charge in [0, 0.05) is 31.3 Å². The minimum Gasteiger partial charge on any atom is -0.481 e. The first-order valence-electron chi connectivity index (χ1n) is 5.39. The summed E-state index contributed by atoms with van der Waals surface area (Å²) in [6.45, 7) is 8.15. The first kappa shape index (κ1) is 14.6. The molecule has 1 aliphatic rings. The van der Waals surface area contributed by atoms with Crippen LogP contribution in [0.1, 0.15) is 25.3 Å². The van der Waals surface area contributed by atoms with Crippen LogP contribution >= 0.6 is 0 Å². The quantitative estimate of drug-likeness (QED) is 0.829. The van der Waals surface area contributed by atoms with Gasteiger partial charge in [-0.3, -0.25) is 0 Å². The number of nitrogens with zero attached hydrogens (tertiary/aromatic N) is 1. The highest BCUT2D eigenvalue weighted by Crippen LogP contribution is 2.19. The number of aromatic nitrogens is 1. The second-order valence-corrected chi connectivity index (χ2v) is 2.99. The molecule has 1 fully saturated rings. The summed E-state index contributed by atoms with van der Waals surface area (Å²) in [6, 6.07) is 3.99. The highest BCUT2D eigenvalue weighted by Gasteiger charge is 2.18. The minimum atomic E-state index is 0.656. The van der Waals surface area contributed by atoms with E-state index in [0.717, 1.165) is 13.1 Å². The summed E-state index contributed by atoms with van der Waals surface area (Å²) < 4.78 is 4.97. The first-order valence-corrected chi connectivity index (χ1v) is 5.39. The monoisotopic (exact) mass is 224 g/mol. The van der Waals surface area contributed by atoms with Gasteiger partial charge in [0.05, 0.1) is 7.11 Å². The maximum atomic E-state index is 8.00. The number of methoxy groups -OCH3 is 1. The Morgan fingerprint density at radius 3 is 2.31 bits per heavy atom. The summed E-state index contributed by atoms with van der Waals surface area (Å²) in [7, 11) is 1.63. The van der Waals surface area contributed by atoms with Crippen molar-refractivity contribution in [3.8, 4) is 5.88 Å². The maximum Gasteiger partial charge on any atom is 0.212 e. The number of hydrogen-bond donors (Lipinski definition) is 1. The average molecular weight is 224 g/mol. The molecule has 0 spiro atoms. The van der Waals surface area contributed by atoms with Gasteiger partial charge in [0.2, 0.25) is 5.88 Å². The van der Waals surface area contributed by atoms with Crippen molar-refractivity contribution in [2.24, 2.45) is 0 Å². The Labute approximate surface area is 97.0 Å². The van der Waals surface area contributed by atoms with Crippen LogP contribution in [0.5, 0.6) is 5.88 Å². The Morgan fingerprint density at radius 1 is 1.38 bits per heavy atom. The number of carbonyl (C=O) groups excluding carboxylic acids is 1. The second kappa shape index (κ2) is 8.85. The zero-order chi connectivity index (χ0) is 12.4. The molecule has 0 aliphatic carbocycles. The fourth-order valence-electron chi connectivity index (χ4n) is 1.28. The molecule has 16 heavy (non-hydrogen) atoms. The minimum absolute atomic E-state index is 0.656. The number of hydrogen-bond acceptors (Lipinski definition) is 4. The average Bonchev–Trinajstić information content (AvgIpc) is 2.33. The van der Waals surface area contributed by atoms with Gasteiger partial charge in [-0.25, -0.2) is 4.98 Å². The van der Waals surface area contributed by atoms with Crippen LogP contribution in [-0.4, -0.2) is 32.0 Å². The van der Waals surface area contributed by atoms with E-state index in [2.05, 4.69) is 16.4 Å². The lowest BCUT2D eigenvalue weighted by atomic mass is 9.95. The molecule has 1 N–H and O–H groups in total. The lowest BCUT2D eigenvalue weighted by molar-refractivity contribution is -0.0979. The number of rotatable bonds is 2. The first-order chi connectivity index (χ1) is 7.90. The molecule has 2 heterocycles. The lowest BCUT2D eigenvalue weighted by Crippen LogP contribution is -2.39. The third-order valence-corrected chi connectivity index (χ3v) is 2.22. The Morgan fingerprint density at radius 2 is 2.00 bits per heavy atom. The molecule has 1 aliphatic heterocycles. The third kappa shape index (κ3) is 3.98. The maximum absolute atomic E-state index is 8.00. The number of nitrogens with one attached hydrogen (secondary N) is 1. The van der Waals surface area contributed by atoms with Crippen molar-refractivity contribution in [2.45, 2.75) is 19.8 Å². The molecular formula is C12H20N2O2. The molecular weight excluding hydrogens is 204 g/mol. The molecule has 2 rings (SSSR count). The van der Waals surface area contributed by atoms with E-state index < -0.39 is 0 Å². The van der Waals surface area contributed by atoms with Gasteiger partial charge >= 0.3 is 0 Å². The van der Waals surface area contributed by atoms with Crippen LogP contribution in [-0.2, 0) is 4.79 Å². The normalized spacial score (nSPS) is 13.4. The van der Waals surface area contributed by atoms with Crippen LogP contribution in [0.4, 0.5) is 0 Å². The van der Waals surface area contributed by atoms with Crippen LogP contribution in [0.3, 0.4) is 0 Å². The Bertz CT molecular complexity index is 271. The largest absolute Gasteiger partial charge is 0.481 e. The van der Waals surface area contributed by atoms with Gasteiger partial charge in [-0.1, -0.05) is 19.9 Å². The van der Waals surface area contributed by atoms with E-state index in [0.29, 0.717) is 11.8 Å². The molecule has 0 amide bonds. The van der Waals surface area contributed by atoms with Gasteiger partial charge in [-0.15, -0.1) is 0 Å². The van der Waals surface area contributed by atoms with Crippen molar-refractivity contribution in [1.82, 2.24) is 10.3 Å². The molecule has 0 saturated carbocycles. The zero-order valence-electron chi connectivity index (χ0n) is 10.2. The molecule has 4 nitrogen and oxygen atoms in total. The Hall–Kier alpha value is -1.42. The molecule has 90 valence electrons. The van der Waals surface area contributed by atoms with Crippen molar-refractivity contribution in [3.05, 3.63) is 23.9 Å². The topological polar surface area (TPSA) is 51.2 Å². The molecule has 1 aromatic rings. The number of ether oxygens (including phenoxy) is 1. The summed E-state index contributed by atoms with van der Waals surface area (Å²) in [5.41, 5.74) is 1.30. The van der Waals surface area contributed by atoms with E-state index in [4.69, 9.17) is 9.53 Å². The van der Waals surface area contributed by atoms with Crippen LogP contribution in [0.2, 0.25) is 0 Å². The summed E-state index contributed by atoms with van der Waals surface area (Å²) >= 11 is 0. The van der Waals surface area contributed by atoms with Crippen molar-refractivity contribution in [1.29, 1.82) is 0 Å². The van der Waals surface area contributed by atoms with Gasteiger partial charge in [-0.05, 0) is 5.56 Å². The van der Waals surface area contributed by atoms with E-state index >= 15 is 0 Å². The van der Waals surface area contributed by atoms with Crippen LogP contribution in [0, 0.1) is 0 Å². The summed E-state index contributed by atoms with van der Waals surface area (Å²) in [5.74, 6) is 1.34. The van der Waals surface area contributed by atoms with Crippen LogP contribution in [0.25, 0.3) is 0 Å². The highest BCUT2D eigenvalue weighted by molar-refractivity contribution is 5.23. The summed E-state index contributed by atoms with van der Waals surface area (Å²) in [5, 5.41) is 3.23. The van der Waals surface area contributed by atoms with E-state index in [1.807, 2.05) is 32.9 Å². The van der Waals surface area contributed by atoms with Gasteiger partial charge in [0.15, 0.2) is 0 Å². The van der Waals surface area contributed by atoms with Crippen molar-refractivity contribution in [2.75, 3.05) is 20.2 Å². The summed E-state index contributed by atoms with van der Waals surface area (Å²) in [6.07, 6.45) is 1.89. The van der Waals surface area contributed by atoms with E-state index in [9.17, 15) is 0 Å². The predicted octanol–water partition coefficient (Wildman–Crippen LogP) is 1.62. The lowest BCUT2D eigenvalue weighted by Gasteiger charge is -2.27. The van der Waals surface area contributed by atoms with E-state index in [-0.39, 0.29) is 0 Å².